The highest BCUT2D eigenvalue weighted by Gasteiger charge is 2.18. The second-order valence-corrected chi connectivity index (χ2v) is 14.7. The van der Waals surface area contributed by atoms with Crippen molar-refractivity contribution in [1.29, 1.82) is 0 Å². The Morgan fingerprint density at radius 3 is 1.30 bits per heavy atom. The molecule has 0 spiro atoms. The van der Waals surface area contributed by atoms with Gasteiger partial charge in [0.05, 0.1) is 0 Å². The van der Waals surface area contributed by atoms with Crippen molar-refractivity contribution < 1.29 is 4.42 Å². The second kappa shape index (κ2) is 15.2. The maximum Gasteiger partial charge on any atom is 0.164 e. The number of benzene rings is 8. The second-order valence-electron chi connectivity index (χ2n) is 14.7. The predicted molar refractivity (Wildman–Crippen MR) is 252 cm³/mol. The summed E-state index contributed by atoms with van der Waals surface area (Å²) in [6.07, 6.45) is 0. The Balaban J connectivity index is 1.000. The van der Waals surface area contributed by atoms with Gasteiger partial charge in [-0.15, -0.1) is 16.4 Å². The van der Waals surface area contributed by atoms with E-state index >= 15 is 0 Å². The van der Waals surface area contributed by atoms with E-state index in [1.165, 1.54) is 11.1 Å². The first-order valence-electron chi connectivity index (χ1n) is 19.5. The van der Waals surface area contributed by atoms with Crippen molar-refractivity contribution in [2.45, 2.75) is 0 Å². The van der Waals surface area contributed by atoms with E-state index in [0.717, 1.165) is 66.4 Å². The third-order valence-electron chi connectivity index (χ3n) is 11.1. The largest absolute Gasteiger partial charge is 0.455 e. The van der Waals surface area contributed by atoms with Crippen LogP contribution in [0.15, 0.2) is 174 Å². The first-order valence-corrected chi connectivity index (χ1v) is 19.5. The van der Waals surface area contributed by atoms with Crippen molar-refractivity contribution in [3.8, 4) is 78.7 Å². The fraction of sp³-hybridized carbons (Fsp3) is 0. The predicted octanol–water partition coefficient (Wildman–Crippen LogP) is 7.41. The molecule has 60 heavy (non-hydrogen) atoms. The molecule has 0 unspecified atom stereocenters. The van der Waals surface area contributed by atoms with E-state index < -0.39 is 0 Å². The average molecular weight is 753 g/mol. The Hall–Kier alpha value is -7.11. The van der Waals surface area contributed by atoms with Gasteiger partial charge in [0, 0.05) is 33.0 Å². The molecule has 0 aliphatic heterocycles. The maximum atomic E-state index is 6.68. The summed E-state index contributed by atoms with van der Waals surface area (Å²) in [6.45, 7) is 0. The van der Waals surface area contributed by atoms with Crippen LogP contribution < -0.4 is 27.3 Å². The quantitative estimate of drug-likeness (QED) is 0.159. The van der Waals surface area contributed by atoms with Crippen LogP contribution >= 0.6 is 0 Å². The van der Waals surface area contributed by atoms with Gasteiger partial charge < -0.3 is 4.42 Å². The lowest BCUT2D eigenvalue weighted by Crippen LogP contribution is -2.55. The molecule has 10 radical (unpaired) electrons. The zero-order chi connectivity index (χ0) is 40.9. The van der Waals surface area contributed by atoms with Crippen molar-refractivity contribution in [2.75, 3.05) is 0 Å². The normalized spacial score (nSPS) is 11.3. The van der Waals surface area contributed by atoms with Gasteiger partial charge in [0.25, 0.3) is 0 Å². The number of aromatic nitrogens is 3. The molecule has 0 bridgehead atoms. The molecule has 0 amide bonds. The number of para-hydroxylation sites is 1. The average Bonchev–Trinajstić information content (AvgIpc) is 3.69. The van der Waals surface area contributed by atoms with Crippen LogP contribution in [0, 0.1) is 0 Å². The highest BCUT2D eigenvalue weighted by atomic mass is 16.3. The highest BCUT2D eigenvalue weighted by Crippen LogP contribution is 2.38. The summed E-state index contributed by atoms with van der Waals surface area (Å²) >= 11 is 0. The minimum absolute atomic E-state index is 0.171. The molecule has 4 nitrogen and oxygen atoms in total. The Morgan fingerprint density at radius 1 is 0.317 bits per heavy atom. The van der Waals surface area contributed by atoms with Crippen LogP contribution in [-0.4, -0.2) is 54.2 Å². The smallest absolute Gasteiger partial charge is 0.164 e. The number of nitrogens with zero attached hydrogens (tertiary/aromatic N) is 3. The van der Waals surface area contributed by atoms with Crippen LogP contribution in [-0.2, 0) is 0 Å². The van der Waals surface area contributed by atoms with Crippen molar-refractivity contribution in [3.63, 3.8) is 0 Å². The van der Waals surface area contributed by atoms with Gasteiger partial charge in [-0.2, -0.15) is 0 Å². The first kappa shape index (κ1) is 37.2. The topological polar surface area (TPSA) is 51.8 Å². The highest BCUT2D eigenvalue weighted by molar-refractivity contribution is 6.68. The Morgan fingerprint density at radius 2 is 0.733 bits per heavy atom. The summed E-state index contributed by atoms with van der Waals surface area (Å²) in [5.41, 5.74) is 13.1. The summed E-state index contributed by atoms with van der Waals surface area (Å²) in [6, 6.07) is 57.5. The zero-order valence-corrected chi connectivity index (χ0v) is 32.3. The molecular formula is C51H28B5N3O. The zero-order valence-electron chi connectivity index (χ0n) is 32.3. The minimum Gasteiger partial charge on any atom is -0.455 e. The standard InChI is InChI=1S/C51H28B5N3O/c52-43-42(44(53)46(55)47(56)45(43)54)34-22-24-36(25-23-34)50-57-49(35-10-5-2-6-11-35)58-51(59-50)37-26-27-39-40-13-7-12-38(48(40)60-41(39)28-37)33-20-18-32(19-21-33)31-16-14-30(15-17-31)29-8-3-1-4-9-29/h1-28H. The Kier molecular flexibility index (Phi) is 9.45. The van der Waals surface area contributed by atoms with Crippen LogP contribution in [0.3, 0.4) is 0 Å². The lowest BCUT2D eigenvalue weighted by molar-refractivity contribution is 0.670. The molecule has 0 saturated heterocycles. The monoisotopic (exact) mass is 753 g/mol. The molecule has 2 aromatic heterocycles. The van der Waals surface area contributed by atoms with Crippen LogP contribution in [0.2, 0.25) is 0 Å². The third kappa shape index (κ3) is 6.66. The van der Waals surface area contributed by atoms with E-state index in [0.29, 0.717) is 23.0 Å². The summed E-state index contributed by atoms with van der Waals surface area (Å²) in [5.74, 6) is 1.53. The summed E-state index contributed by atoms with van der Waals surface area (Å²) in [4.78, 5) is 14.9. The van der Waals surface area contributed by atoms with E-state index in [4.69, 9.17) is 58.6 Å². The van der Waals surface area contributed by atoms with Gasteiger partial charge >= 0.3 is 0 Å². The van der Waals surface area contributed by atoms with E-state index in [1.807, 2.05) is 72.8 Å². The summed E-state index contributed by atoms with van der Waals surface area (Å²) in [5, 5.41) is 2.03. The lowest BCUT2D eigenvalue weighted by atomic mass is 9.59. The maximum absolute atomic E-state index is 6.68. The van der Waals surface area contributed by atoms with Crippen LogP contribution in [0.25, 0.3) is 101 Å². The van der Waals surface area contributed by atoms with Gasteiger partial charge in [0.2, 0.25) is 0 Å². The number of rotatable bonds is 7. The molecule has 10 aromatic rings. The molecule has 0 atom stereocenters. The lowest BCUT2D eigenvalue weighted by Gasteiger charge is -2.21. The van der Waals surface area contributed by atoms with Crippen molar-refractivity contribution in [1.82, 2.24) is 15.0 Å². The molecule has 0 saturated carbocycles. The van der Waals surface area contributed by atoms with Gasteiger partial charge in [0.15, 0.2) is 17.5 Å². The summed E-state index contributed by atoms with van der Waals surface area (Å²) in [7, 11) is 31.1. The van der Waals surface area contributed by atoms with E-state index in [2.05, 4.69) is 97.1 Å². The van der Waals surface area contributed by atoms with E-state index in [9.17, 15) is 0 Å². The molecule has 268 valence electrons. The SMILES string of the molecule is [B]c1c([B])c([B])c(-c2ccc(-c3nc(-c4ccccc4)nc(-c4ccc5c(c4)oc4c(-c6ccc(-c7ccc(-c8ccccc8)cc7)cc6)cccc45)n3)cc2)c([B])c1[B]. The molecular weight excluding hydrogens is 725 g/mol. The van der Waals surface area contributed by atoms with Crippen molar-refractivity contribution in [2.24, 2.45) is 0 Å². The van der Waals surface area contributed by atoms with Gasteiger partial charge in [-0.25, -0.2) is 15.0 Å². The molecule has 0 N–H and O–H groups in total. The molecule has 0 aliphatic carbocycles. The molecule has 0 aliphatic rings. The van der Waals surface area contributed by atoms with Crippen LogP contribution in [0.4, 0.5) is 0 Å². The Labute approximate surface area is 354 Å². The van der Waals surface area contributed by atoms with E-state index in [-0.39, 0.29) is 27.3 Å². The third-order valence-corrected chi connectivity index (χ3v) is 11.1. The van der Waals surface area contributed by atoms with Gasteiger partial charge in [-0.3, -0.25) is 0 Å². The fourth-order valence-electron chi connectivity index (χ4n) is 7.79. The Bertz CT molecular complexity index is 3200. The molecule has 0 fully saturated rings. The van der Waals surface area contributed by atoms with Gasteiger partial charge in [-0.05, 0) is 51.1 Å². The van der Waals surface area contributed by atoms with E-state index in [1.54, 1.807) is 0 Å². The molecule has 8 aromatic carbocycles. The number of hydrogen-bond acceptors (Lipinski definition) is 4. The molecule has 2 heterocycles. The van der Waals surface area contributed by atoms with Crippen molar-refractivity contribution >= 4 is 88.5 Å². The minimum atomic E-state index is 0.171. The first-order chi connectivity index (χ1) is 29.3. The number of hydrogen-bond donors (Lipinski definition) is 0. The van der Waals surface area contributed by atoms with Crippen LogP contribution in [0.1, 0.15) is 0 Å². The number of furan rings is 1. The summed E-state index contributed by atoms with van der Waals surface area (Å²) < 4.78 is 6.68. The molecule has 10 rings (SSSR count). The van der Waals surface area contributed by atoms with Crippen LogP contribution in [0.5, 0.6) is 0 Å². The van der Waals surface area contributed by atoms with Gasteiger partial charge in [0.1, 0.15) is 50.4 Å². The van der Waals surface area contributed by atoms with Crippen molar-refractivity contribution in [3.05, 3.63) is 170 Å². The fourth-order valence-corrected chi connectivity index (χ4v) is 7.79. The molecule has 9 heteroatoms. The van der Waals surface area contributed by atoms with Gasteiger partial charge in [-0.1, -0.05) is 169 Å². The number of fused-ring (bicyclic) bond motifs is 3.